The minimum Gasteiger partial charge on any atom is -0.384 e. The topological polar surface area (TPSA) is 64.8 Å². The van der Waals surface area contributed by atoms with Crippen LogP contribution < -0.4 is 4.90 Å². The van der Waals surface area contributed by atoms with Gasteiger partial charge in [0, 0.05) is 31.5 Å². The van der Waals surface area contributed by atoms with Crippen LogP contribution >= 0.6 is 0 Å². The molecule has 0 N–H and O–H groups in total. The van der Waals surface area contributed by atoms with Gasteiger partial charge in [-0.2, -0.15) is 9.61 Å². The van der Waals surface area contributed by atoms with E-state index in [4.69, 9.17) is 9.47 Å². The highest BCUT2D eigenvalue weighted by Crippen LogP contribution is 2.43. The van der Waals surface area contributed by atoms with Crippen molar-refractivity contribution in [1.29, 1.82) is 0 Å². The molecule has 2 aliphatic rings. The highest BCUT2D eigenvalue weighted by atomic mass is 16.5. The summed E-state index contributed by atoms with van der Waals surface area (Å²) in [5.74, 6) is 0.861. The molecule has 7 heteroatoms. The average molecular weight is 317 g/mol. The first-order chi connectivity index (χ1) is 11.1. The van der Waals surface area contributed by atoms with Crippen LogP contribution in [0.25, 0.3) is 5.65 Å². The number of ether oxygens (including phenoxy) is 2. The first-order valence-corrected chi connectivity index (χ1v) is 8.15. The van der Waals surface area contributed by atoms with Gasteiger partial charge in [-0.1, -0.05) is 13.8 Å². The minimum absolute atomic E-state index is 0.0903. The molecule has 23 heavy (non-hydrogen) atoms. The molecular weight excluding hydrogens is 294 g/mol. The van der Waals surface area contributed by atoms with Crippen LogP contribution in [0, 0.1) is 11.3 Å². The molecule has 0 saturated carbocycles. The normalized spacial score (nSPS) is 27.3. The molecule has 2 saturated heterocycles. The van der Waals surface area contributed by atoms with E-state index in [1.165, 1.54) is 0 Å². The van der Waals surface area contributed by atoms with Crippen molar-refractivity contribution in [2.45, 2.75) is 19.8 Å². The van der Waals surface area contributed by atoms with E-state index in [-0.39, 0.29) is 5.41 Å². The largest absolute Gasteiger partial charge is 0.384 e. The molecule has 2 atom stereocenters. The Kier molecular flexibility index (Phi) is 3.50. The van der Waals surface area contributed by atoms with Crippen LogP contribution in [0.2, 0.25) is 0 Å². The van der Waals surface area contributed by atoms with Crippen LogP contribution in [-0.2, 0) is 9.47 Å². The number of aromatic nitrogens is 4. The molecule has 0 aromatic carbocycles. The Morgan fingerprint density at radius 3 is 3.13 bits per heavy atom. The summed E-state index contributed by atoms with van der Waals surface area (Å²) in [4.78, 5) is 2.41. The molecule has 2 aliphatic heterocycles. The van der Waals surface area contributed by atoms with Gasteiger partial charge in [-0.15, -0.1) is 10.2 Å². The van der Waals surface area contributed by atoms with Gasteiger partial charge < -0.3 is 14.4 Å². The lowest BCUT2D eigenvalue weighted by atomic mass is 9.82. The second-order valence-electron chi connectivity index (χ2n) is 7.10. The zero-order chi connectivity index (χ0) is 16.0. The van der Waals surface area contributed by atoms with Crippen LogP contribution in [0.1, 0.15) is 25.5 Å². The predicted molar refractivity (Wildman–Crippen MR) is 85.7 cm³/mol. The number of hydrogen-bond acceptors (Lipinski definition) is 6. The average Bonchev–Trinajstić information content (AvgIpc) is 3.18. The summed E-state index contributed by atoms with van der Waals surface area (Å²) in [6.07, 6.45) is 1.68. The third kappa shape index (κ3) is 2.30. The Hall–Kier alpha value is -1.73. The third-order valence-electron chi connectivity index (χ3n) is 5.15. The van der Waals surface area contributed by atoms with Crippen molar-refractivity contribution >= 4 is 11.3 Å². The van der Waals surface area contributed by atoms with Crippen molar-refractivity contribution in [3.05, 3.63) is 18.1 Å². The summed E-state index contributed by atoms with van der Waals surface area (Å²) in [7, 11) is 1.77. The molecule has 2 fully saturated rings. The van der Waals surface area contributed by atoms with Gasteiger partial charge in [0.25, 0.3) is 0 Å². The number of rotatable bonds is 4. The third-order valence-corrected chi connectivity index (χ3v) is 5.15. The second-order valence-corrected chi connectivity index (χ2v) is 7.10. The number of hydrogen-bond donors (Lipinski definition) is 0. The molecule has 4 heterocycles. The van der Waals surface area contributed by atoms with Gasteiger partial charge >= 0.3 is 0 Å². The van der Waals surface area contributed by atoms with Crippen LogP contribution in [0.5, 0.6) is 0 Å². The van der Waals surface area contributed by atoms with Gasteiger partial charge in [0.2, 0.25) is 5.65 Å². The molecule has 0 bridgehead atoms. The van der Waals surface area contributed by atoms with E-state index in [1.54, 1.807) is 18.0 Å². The molecule has 124 valence electrons. The molecule has 4 rings (SSSR count). The Balaban J connectivity index is 1.74. The van der Waals surface area contributed by atoms with Crippen molar-refractivity contribution in [3.63, 3.8) is 0 Å². The Morgan fingerprint density at radius 2 is 2.35 bits per heavy atom. The van der Waals surface area contributed by atoms with Crippen molar-refractivity contribution in [2.24, 2.45) is 11.3 Å². The van der Waals surface area contributed by atoms with E-state index in [9.17, 15) is 0 Å². The Morgan fingerprint density at radius 1 is 1.48 bits per heavy atom. The molecule has 2 aromatic rings. The monoisotopic (exact) mass is 317 g/mol. The maximum Gasteiger partial charge on any atom is 0.200 e. The zero-order valence-corrected chi connectivity index (χ0v) is 13.9. The number of nitrogens with zero attached hydrogens (tertiary/aromatic N) is 5. The summed E-state index contributed by atoms with van der Waals surface area (Å²) in [6, 6.07) is 2.16. The first-order valence-electron chi connectivity index (χ1n) is 8.15. The van der Waals surface area contributed by atoms with Crippen molar-refractivity contribution in [3.8, 4) is 0 Å². The van der Waals surface area contributed by atoms with Gasteiger partial charge in [0.1, 0.15) is 6.33 Å². The predicted octanol–water partition coefficient (Wildman–Crippen LogP) is 1.35. The SMILES string of the molecule is COC[C@@]12COC[C@@H]1CN(c1cc(C(C)C)nn3cnnc13)C2. The van der Waals surface area contributed by atoms with Gasteiger partial charge in [-0.3, -0.25) is 0 Å². The fraction of sp³-hybridized carbons (Fsp3) is 0.688. The summed E-state index contributed by atoms with van der Waals surface area (Å²) in [6.45, 7) is 8.52. The van der Waals surface area contributed by atoms with Crippen LogP contribution in [-0.4, -0.2) is 59.8 Å². The Labute approximate surface area is 135 Å². The molecule has 0 aliphatic carbocycles. The second kappa shape index (κ2) is 5.42. The summed E-state index contributed by atoms with van der Waals surface area (Å²) >= 11 is 0. The van der Waals surface area contributed by atoms with E-state index >= 15 is 0 Å². The van der Waals surface area contributed by atoms with E-state index in [0.717, 1.165) is 49.9 Å². The minimum atomic E-state index is 0.0903. The fourth-order valence-corrected chi connectivity index (χ4v) is 3.85. The maximum atomic E-state index is 5.73. The van der Waals surface area contributed by atoms with E-state index in [0.29, 0.717) is 11.8 Å². The Bertz CT molecular complexity index is 716. The summed E-state index contributed by atoms with van der Waals surface area (Å²) in [5.41, 5.74) is 3.09. The number of anilines is 1. The van der Waals surface area contributed by atoms with Gasteiger partial charge in [-0.05, 0) is 12.0 Å². The van der Waals surface area contributed by atoms with Crippen LogP contribution in [0.4, 0.5) is 5.69 Å². The molecule has 0 amide bonds. The quantitative estimate of drug-likeness (QED) is 0.848. The van der Waals surface area contributed by atoms with Gasteiger partial charge in [0.05, 0.1) is 31.2 Å². The summed E-state index contributed by atoms with van der Waals surface area (Å²) in [5, 5.41) is 12.9. The molecular formula is C16H23N5O2. The van der Waals surface area contributed by atoms with Crippen molar-refractivity contribution in [1.82, 2.24) is 19.8 Å². The molecule has 7 nitrogen and oxygen atoms in total. The lowest BCUT2D eigenvalue weighted by molar-refractivity contribution is 0.0660. The van der Waals surface area contributed by atoms with Gasteiger partial charge in [-0.25, -0.2) is 0 Å². The van der Waals surface area contributed by atoms with E-state index in [2.05, 4.69) is 40.1 Å². The van der Waals surface area contributed by atoms with E-state index < -0.39 is 0 Å². The molecule has 0 radical (unpaired) electrons. The number of fused-ring (bicyclic) bond motifs is 2. The molecule has 0 spiro atoms. The standard InChI is InChI=1S/C16H23N5O2/c1-11(2)13-4-14(15-18-17-10-21(15)19-13)20-5-12-6-23-9-16(12,7-20)8-22-3/h4,10-12H,5-9H2,1-3H3/t12-,16-/m0/s1. The van der Waals surface area contributed by atoms with Crippen molar-refractivity contribution in [2.75, 3.05) is 44.9 Å². The zero-order valence-electron chi connectivity index (χ0n) is 13.9. The fourth-order valence-electron chi connectivity index (χ4n) is 3.85. The lowest BCUT2D eigenvalue weighted by Gasteiger charge is -2.27. The molecule has 2 aromatic heterocycles. The maximum absolute atomic E-state index is 5.73. The van der Waals surface area contributed by atoms with Crippen LogP contribution in [0.3, 0.4) is 0 Å². The van der Waals surface area contributed by atoms with Crippen LogP contribution in [0.15, 0.2) is 12.4 Å². The van der Waals surface area contributed by atoms with Gasteiger partial charge in [0.15, 0.2) is 0 Å². The number of methoxy groups -OCH3 is 1. The summed E-state index contributed by atoms with van der Waals surface area (Å²) < 4.78 is 13.0. The van der Waals surface area contributed by atoms with Crippen molar-refractivity contribution < 1.29 is 9.47 Å². The highest BCUT2D eigenvalue weighted by molar-refractivity contribution is 5.69. The highest BCUT2D eigenvalue weighted by Gasteiger charge is 2.51. The smallest absolute Gasteiger partial charge is 0.200 e. The lowest BCUT2D eigenvalue weighted by Crippen LogP contribution is -2.35. The molecule has 0 unspecified atom stereocenters. The van der Waals surface area contributed by atoms with E-state index in [1.807, 2.05) is 0 Å². The first kappa shape index (κ1) is 14.8.